The molecule has 0 radical (unpaired) electrons. The Labute approximate surface area is 247 Å². The number of ether oxygens (including phenoxy) is 2. The van der Waals surface area contributed by atoms with Gasteiger partial charge in [-0.15, -0.1) is 0 Å². The van der Waals surface area contributed by atoms with Crippen LogP contribution in [-0.2, 0) is 27.2 Å². The van der Waals surface area contributed by atoms with Crippen molar-refractivity contribution in [3.05, 3.63) is 65.4 Å². The van der Waals surface area contributed by atoms with Gasteiger partial charge in [0.05, 0.1) is 6.61 Å². The van der Waals surface area contributed by atoms with E-state index >= 15 is 0 Å². The second-order valence-corrected chi connectivity index (χ2v) is 10.8. The number of carbonyl (C=O) groups is 3. The van der Waals surface area contributed by atoms with Gasteiger partial charge in [-0.25, -0.2) is 9.59 Å². The van der Waals surface area contributed by atoms with Gasteiger partial charge in [-0.05, 0) is 68.9 Å². The molecule has 0 aliphatic carbocycles. The Morgan fingerprint density at radius 2 is 1.88 bits per heavy atom. The third kappa shape index (κ3) is 7.82. The van der Waals surface area contributed by atoms with E-state index in [9.17, 15) is 19.5 Å². The summed E-state index contributed by atoms with van der Waals surface area (Å²) in [4.78, 5) is 38.7. The van der Waals surface area contributed by atoms with Crippen LogP contribution in [-0.4, -0.2) is 72.1 Å². The van der Waals surface area contributed by atoms with Gasteiger partial charge in [-0.2, -0.15) is 0 Å². The Bertz CT molecular complexity index is 1370. The van der Waals surface area contributed by atoms with Crippen molar-refractivity contribution >= 4 is 34.7 Å². The number of piperidine rings is 1. The van der Waals surface area contributed by atoms with Crippen molar-refractivity contribution in [2.75, 3.05) is 38.7 Å². The second-order valence-electron chi connectivity index (χ2n) is 10.8. The van der Waals surface area contributed by atoms with Gasteiger partial charge in [-0.3, -0.25) is 10.1 Å². The highest BCUT2D eigenvalue weighted by molar-refractivity contribution is 5.86. The molecule has 4 rings (SSSR count). The summed E-state index contributed by atoms with van der Waals surface area (Å²) in [5.41, 5.74) is 5.17. The summed E-state index contributed by atoms with van der Waals surface area (Å²) in [5, 5.41) is 15.9. The molecule has 1 fully saturated rings. The first-order valence-corrected chi connectivity index (χ1v) is 14.7. The average Bonchev–Trinajstić information content (AvgIpc) is 3.25. The number of carbonyl (C=O) groups excluding carboxylic acids is 2. The van der Waals surface area contributed by atoms with E-state index in [4.69, 9.17) is 9.47 Å². The molecule has 0 saturated carbocycles. The molecule has 2 heterocycles. The van der Waals surface area contributed by atoms with Crippen molar-refractivity contribution in [2.24, 2.45) is 0 Å². The fraction of sp³-hybridized carbons (Fsp3) is 0.469. The van der Waals surface area contributed by atoms with Gasteiger partial charge in [0.25, 0.3) is 0 Å². The first kappa shape index (κ1) is 30.9. The zero-order valence-corrected chi connectivity index (χ0v) is 24.7. The van der Waals surface area contributed by atoms with Gasteiger partial charge in [0.15, 0.2) is 0 Å². The highest BCUT2D eigenvalue weighted by Crippen LogP contribution is 2.36. The number of nitrogens with zero attached hydrogens (tertiary/aromatic N) is 2. The number of hydrogen-bond acceptors (Lipinski definition) is 5. The molecule has 1 unspecified atom stereocenters. The van der Waals surface area contributed by atoms with E-state index in [2.05, 4.69) is 46.4 Å². The smallest absolute Gasteiger partial charge is 0.411 e. The molecule has 2 aromatic carbocycles. The Morgan fingerprint density at radius 1 is 1.12 bits per heavy atom. The molecule has 10 nitrogen and oxygen atoms in total. The lowest BCUT2D eigenvalue weighted by atomic mass is 9.91. The molecular weight excluding hydrogens is 536 g/mol. The molecule has 3 aromatic rings. The van der Waals surface area contributed by atoms with Crippen molar-refractivity contribution in [3.63, 3.8) is 0 Å². The zero-order chi connectivity index (χ0) is 30.1. The van der Waals surface area contributed by atoms with Crippen LogP contribution in [0.15, 0.2) is 48.5 Å². The van der Waals surface area contributed by atoms with E-state index in [1.807, 2.05) is 17.0 Å². The third-order valence-electron chi connectivity index (χ3n) is 7.87. The van der Waals surface area contributed by atoms with Crippen LogP contribution in [0.4, 0.5) is 15.3 Å². The van der Waals surface area contributed by atoms with Gasteiger partial charge in [0.2, 0.25) is 5.91 Å². The van der Waals surface area contributed by atoms with Crippen molar-refractivity contribution in [1.82, 2.24) is 14.8 Å². The third-order valence-corrected chi connectivity index (χ3v) is 7.87. The number of anilines is 1. The van der Waals surface area contributed by atoms with E-state index in [-0.39, 0.29) is 24.9 Å². The van der Waals surface area contributed by atoms with Gasteiger partial charge in [-0.1, -0.05) is 30.3 Å². The molecule has 1 aliphatic rings. The Morgan fingerprint density at radius 3 is 2.60 bits per heavy atom. The molecule has 2 atom stereocenters. The maximum absolute atomic E-state index is 13.6. The number of benzene rings is 2. The van der Waals surface area contributed by atoms with Crippen molar-refractivity contribution < 1.29 is 29.0 Å². The molecule has 1 saturated heterocycles. The first-order chi connectivity index (χ1) is 20.3. The van der Waals surface area contributed by atoms with Crippen LogP contribution < -0.4 is 10.6 Å². The summed E-state index contributed by atoms with van der Waals surface area (Å²) in [7, 11) is 1.72. The largest absolute Gasteiger partial charge is 0.465 e. The summed E-state index contributed by atoms with van der Waals surface area (Å²) in [6, 6.07) is 15.0. The summed E-state index contributed by atoms with van der Waals surface area (Å²) >= 11 is 0. The summed E-state index contributed by atoms with van der Waals surface area (Å²) in [6.07, 6.45) is 1.50. The zero-order valence-electron chi connectivity index (χ0n) is 24.7. The number of fused-ring (bicyclic) bond motifs is 1. The predicted octanol–water partition coefficient (Wildman–Crippen LogP) is 5.53. The van der Waals surface area contributed by atoms with Crippen LogP contribution >= 0.6 is 0 Å². The predicted molar refractivity (Wildman–Crippen MR) is 162 cm³/mol. The molecule has 0 bridgehead atoms. The van der Waals surface area contributed by atoms with E-state index < -0.39 is 18.2 Å². The molecule has 1 aliphatic heterocycles. The monoisotopic (exact) mass is 578 g/mol. The minimum Gasteiger partial charge on any atom is -0.465 e. The highest BCUT2D eigenvalue weighted by Gasteiger charge is 2.30. The molecule has 3 amide bonds. The number of para-hydroxylation sites is 1. The first-order valence-electron chi connectivity index (χ1n) is 14.7. The number of methoxy groups -OCH3 is 1. The summed E-state index contributed by atoms with van der Waals surface area (Å²) in [6.45, 7) is 6.97. The number of likely N-dealkylation sites (tertiary alicyclic amines) is 1. The van der Waals surface area contributed by atoms with Gasteiger partial charge < -0.3 is 29.4 Å². The van der Waals surface area contributed by atoms with Crippen LogP contribution in [0.2, 0.25) is 0 Å². The number of nitrogens with one attached hydrogen (secondary N) is 2. The standard InChI is InChI=1S/C32H42N4O6/c1-4-42-32(40)34-25-14-12-23(13-15-25)19-26(33-31(38)39)20-29(37)35-16-7-9-24(21-35)30-22(2)27-10-5-6-11-28(27)36(30)17-8-18-41-3/h5-6,10-15,24,26,33H,4,7-9,16-21H2,1-3H3,(H,34,40)(H,38,39)/t24?,26-/m1/s1. The molecule has 10 heteroatoms. The number of amides is 3. The van der Waals surface area contributed by atoms with Crippen molar-refractivity contribution in [1.29, 1.82) is 0 Å². The molecule has 1 aromatic heterocycles. The van der Waals surface area contributed by atoms with Crippen LogP contribution in [0.1, 0.15) is 55.3 Å². The van der Waals surface area contributed by atoms with Crippen LogP contribution in [0.5, 0.6) is 0 Å². The fourth-order valence-electron chi connectivity index (χ4n) is 6.04. The molecule has 3 N–H and O–H groups in total. The van der Waals surface area contributed by atoms with Crippen LogP contribution in [0, 0.1) is 6.92 Å². The molecule has 0 spiro atoms. The SMILES string of the molecule is CCOC(=O)Nc1ccc(C[C@H](CC(=O)N2CCCC(c3c(C)c4ccccc4n3CCCOC)C2)NC(=O)O)cc1. The normalized spacial score (nSPS) is 15.8. The maximum atomic E-state index is 13.6. The average molecular weight is 579 g/mol. The lowest BCUT2D eigenvalue weighted by molar-refractivity contribution is -0.132. The maximum Gasteiger partial charge on any atom is 0.411 e. The molecule has 226 valence electrons. The molecule has 42 heavy (non-hydrogen) atoms. The van der Waals surface area contributed by atoms with Crippen LogP contribution in [0.25, 0.3) is 10.9 Å². The highest BCUT2D eigenvalue weighted by atomic mass is 16.5. The number of hydrogen-bond donors (Lipinski definition) is 3. The van der Waals surface area contributed by atoms with E-state index in [1.165, 1.54) is 22.2 Å². The van der Waals surface area contributed by atoms with Gasteiger partial charge >= 0.3 is 12.2 Å². The molecular formula is C32H42N4O6. The van der Waals surface area contributed by atoms with Crippen molar-refractivity contribution in [2.45, 2.75) is 64.5 Å². The number of aromatic nitrogens is 1. The Hall–Kier alpha value is -4.05. The second kappa shape index (κ2) is 14.7. The quantitative estimate of drug-likeness (QED) is 0.243. The summed E-state index contributed by atoms with van der Waals surface area (Å²) in [5.74, 6) is 0.140. The van der Waals surface area contributed by atoms with Gasteiger partial charge in [0, 0.05) is 74.0 Å². The number of aryl methyl sites for hydroxylation is 2. The van der Waals surface area contributed by atoms with Gasteiger partial charge in [0.1, 0.15) is 0 Å². The topological polar surface area (TPSA) is 122 Å². The lowest BCUT2D eigenvalue weighted by Gasteiger charge is -2.35. The fourth-order valence-corrected chi connectivity index (χ4v) is 6.04. The van der Waals surface area contributed by atoms with E-state index in [0.717, 1.165) is 31.4 Å². The van der Waals surface area contributed by atoms with E-state index in [0.29, 0.717) is 31.8 Å². The number of rotatable bonds is 12. The Balaban J connectivity index is 1.46. The lowest BCUT2D eigenvalue weighted by Crippen LogP contribution is -2.44. The Kier molecular flexibility index (Phi) is 10.8. The minimum atomic E-state index is -1.17. The van der Waals surface area contributed by atoms with Crippen molar-refractivity contribution in [3.8, 4) is 0 Å². The van der Waals surface area contributed by atoms with E-state index in [1.54, 1.807) is 26.2 Å². The summed E-state index contributed by atoms with van der Waals surface area (Å²) < 4.78 is 12.6. The number of carboxylic acid groups (broad SMARTS) is 1. The van der Waals surface area contributed by atoms with Crippen LogP contribution in [0.3, 0.4) is 0 Å². The minimum absolute atomic E-state index is 0.0567.